The zero-order valence-electron chi connectivity index (χ0n) is 25.6. The molecule has 0 saturated carbocycles. The molecule has 0 radical (unpaired) electrons. The van der Waals surface area contributed by atoms with Crippen molar-refractivity contribution in [2.24, 2.45) is 7.05 Å². The van der Waals surface area contributed by atoms with Gasteiger partial charge >= 0.3 is 12.3 Å². The molecule has 6 rings (SSSR count). The Balaban J connectivity index is 1.41. The van der Waals surface area contributed by atoms with Crippen LogP contribution in [0.15, 0.2) is 61.2 Å². The molecule has 234 valence electrons. The predicted octanol–water partition coefficient (Wildman–Crippen LogP) is 6.60. The van der Waals surface area contributed by atoms with E-state index in [0.29, 0.717) is 40.7 Å². The number of imidazole rings is 1. The maximum absolute atomic E-state index is 14.1. The number of para-hydroxylation sites is 1. The van der Waals surface area contributed by atoms with Crippen LogP contribution < -0.4 is 0 Å². The normalized spacial score (nSPS) is 13.9. The van der Waals surface area contributed by atoms with E-state index in [1.807, 2.05) is 35.8 Å². The summed E-state index contributed by atoms with van der Waals surface area (Å²) in [5.41, 5.74) is 1.57. The zero-order chi connectivity index (χ0) is 32.3. The average molecular weight is 619 g/mol. The summed E-state index contributed by atoms with van der Waals surface area (Å²) in [6.45, 7) is 8.03. The van der Waals surface area contributed by atoms with Crippen molar-refractivity contribution in [1.29, 1.82) is 0 Å². The predicted molar refractivity (Wildman–Crippen MR) is 162 cm³/mol. The third kappa shape index (κ3) is 5.84. The summed E-state index contributed by atoms with van der Waals surface area (Å²) in [5.74, 6) is 0.439. The van der Waals surface area contributed by atoms with Crippen LogP contribution in [-0.4, -0.2) is 52.9 Å². The van der Waals surface area contributed by atoms with E-state index in [0.717, 1.165) is 21.5 Å². The number of aryl methyl sites for hydroxylation is 2. The first-order valence-corrected chi connectivity index (χ1v) is 14.6. The molecule has 45 heavy (non-hydrogen) atoms. The SMILES string of the molecule is Cc1nccn1Cc1cc2c(c(-c3cn(C)nc3C(F)(F)F)c1)CCN(Cc1cn(C(=O)OC(C)(C)C)c3ccccc13)C2=O. The van der Waals surface area contributed by atoms with Gasteiger partial charge < -0.3 is 14.2 Å². The van der Waals surface area contributed by atoms with Crippen LogP contribution in [0.5, 0.6) is 0 Å². The minimum absolute atomic E-state index is 0.0628. The molecule has 0 spiro atoms. The first-order chi connectivity index (χ1) is 21.2. The number of hydrogen-bond donors (Lipinski definition) is 0. The lowest BCUT2D eigenvalue weighted by atomic mass is 9.88. The van der Waals surface area contributed by atoms with Gasteiger partial charge in [0.1, 0.15) is 11.4 Å². The highest BCUT2D eigenvalue weighted by atomic mass is 19.4. The fourth-order valence-electron chi connectivity index (χ4n) is 5.90. The molecule has 0 N–H and O–H groups in total. The van der Waals surface area contributed by atoms with Crippen LogP contribution in [-0.2, 0) is 37.5 Å². The highest BCUT2D eigenvalue weighted by Gasteiger charge is 2.39. The summed E-state index contributed by atoms with van der Waals surface area (Å²) in [6, 6.07) is 10.9. The molecule has 12 heteroatoms. The van der Waals surface area contributed by atoms with E-state index in [2.05, 4.69) is 10.1 Å². The van der Waals surface area contributed by atoms with Crippen molar-refractivity contribution < 1.29 is 27.5 Å². The van der Waals surface area contributed by atoms with Crippen LogP contribution in [0.2, 0.25) is 0 Å². The van der Waals surface area contributed by atoms with Crippen LogP contribution >= 0.6 is 0 Å². The molecule has 0 unspecified atom stereocenters. The van der Waals surface area contributed by atoms with E-state index >= 15 is 0 Å². The number of aromatic nitrogens is 5. The van der Waals surface area contributed by atoms with Crippen molar-refractivity contribution >= 4 is 22.9 Å². The van der Waals surface area contributed by atoms with Crippen LogP contribution in [0.25, 0.3) is 22.0 Å². The summed E-state index contributed by atoms with van der Waals surface area (Å²) in [7, 11) is 1.45. The molecule has 3 aromatic heterocycles. The van der Waals surface area contributed by atoms with Crippen molar-refractivity contribution in [3.8, 4) is 11.1 Å². The molecule has 0 saturated heterocycles. The standard InChI is InChI=1S/C33H33F3N6O3/c1-20-37-11-13-40(20)16-21-14-25(27-19-39(5)38-29(27)33(34,35)36)24-10-12-41(30(43)26(24)15-21)17-22-18-42(31(44)45-32(2,3)4)28-9-7-6-8-23(22)28/h6-9,11,13-15,18-19H,10,12,16-17H2,1-5H3. The van der Waals surface area contributed by atoms with E-state index in [-0.39, 0.29) is 24.6 Å². The van der Waals surface area contributed by atoms with Crippen LogP contribution in [0.4, 0.5) is 18.0 Å². The van der Waals surface area contributed by atoms with Gasteiger partial charge in [-0.2, -0.15) is 18.3 Å². The second kappa shape index (κ2) is 10.9. The fraction of sp³-hybridized carbons (Fsp3) is 0.333. The number of nitrogens with zero attached hydrogens (tertiary/aromatic N) is 6. The molecule has 1 amide bonds. The first kappa shape index (κ1) is 30.2. The summed E-state index contributed by atoms with van der Waals surface area (Å²) in [6.07, 6.45) is 1.63. The van der Waals surface area contributed by atoms with Gasteiger partial charge in [-0.25, -0.2) is 9.78 Å². The molecule has 0 aliphatic carbocycles. The molecule has 0 atom stereocenters. The Morgan fingerprint density at radius 1 is 1.02 bits per heavy atom. The van der Waals surface area contributed by atoms with Gasteiger partial charge in [-0.3, -0.25) is 14.0 Å². The minimum Gasteiger partial charge on any atom is -0.443 e. The molecule has 0 bridgehead atoms. The molecule has 5 aromatic rings. The second-order valence-corrected chi connectivity index (χ2v) is 12.3. The third-order valence-corrected chi connectivity index (χ3v) is 7.87. The largest absolute Gasteiger partial charge is 0.443 e. The van der Waals surface area contributed by atoms with Gasteiger partial charge in [0, 0.05) is 68.0 Å². The van der Waals surface area contributed by atoms with Gasteiger partial charge in [-0.05, 0) is 74.6 Å². The number of rotatable bonds is 5. The molecule has 9 nitrogen and oxygen atoms in total. The molecule has 4 heterocycles. The monoisotopic (exact) mass is 618 g/mol. The molecular formula is C33H33F3N6O3. The number of carbonyl (C=O) groups is 2. The van der Waals surface area contributed by atoms with E-state index in [9.17, 15) is 22.8 Å². The highest BCUT2D eigenvalue weighted by molar-refractivity contribution is 6.00. The van der Waals surface area contributed by atoms with Gasteiger partial charge in [0.25, 0.3) is 5.91 Å². The Morgan fingerprint density at radius 2 is 1.76 bits per heavy atom. The lowest BCUT2D eigenvalue weighted by Gasteiger charge is -2.30. The van der Waals surface area contributed by atoms with Crippen molar-refractivity contribution in [1.82, 2.24) is 28.8 Å². The smallest absolute Gasteiger partial charge is 0.435 e. The van der Waals surface area contributed by atoms with Crippen molar-refractivity contribution in [3.05, 3.63) is 95.0 Å². The fourth-order valence-corrected chi connectivity index (χ4v) is 5.90. The molecule has 1 aliphatic heterocycles. The average Bonchev–Trinajstić information content (AvgIpc) is 3.66. The van der Waals surface area contributed by atoms with Crippen molar-refractivity contribution in [2.75, 3.05) is 6.54 Å². The number of amides is 1. The maximum atomic E-state index is 14.1. The maximum Gasteiger partial charge on any atom is 0.435 e. The van der Waals surface area contributed by atoms with Crippen molar-refractivity contribution in [2.45, 2.75) is 59.0 Å². The molecule has 1 aliphatic rings. The Hall–Kier alpha value is -4.87. The highest BCUT2D eigenvalue weighted by Crippen LogP contribution is 2.40. The number of carbonyl (C=O) groups excluding carboxylic acids is 2. The summed E-state index contributed by atoms with van der Waals surface area (Å²) in [4.78, 5) is 33.1. The number of fused-ring (bicyclic) bond motifs is 2. The number of halogens is 3. The van der Waals surface area contributed by atoms with Crippen LogP contribution in [0.3, 0.4) is 0 Å². The summed E-state index contributed by atoms with van der Waals surface area (Å²) < 4.78 is 52.4. The van der Waals surface area contributed by atoms with E-state index in [4.69, 9.17) is 4.74 Å². The Labute approximate surface area is 257 Å². The lowest BCUT2D eigenvalue weighted by Crippen LogP contribution is -2.37. The Morgan fingerprint density at radius 3 is 2.44 bits per heavy atom. The summed E-state index contributed by atoms with van der Waals surface area (Å²) in [5, 5.41) is 4.53. The quantitative estimate of drug-likeness (QED) is 0.222. The second-order valence-electron chi connectivity index (χ2n) is 12.3. The van der Waals surface area contributed by atoms with Gasteiger partial charge in [-0.15, -0.1) is 0 Å². The van der Waals surface area contributed by atoms with Gasteiger partial charge in [0.05, 0.1) is 5.52 Å². The van der Waals surface area contributed by atoms with Crippen molar-refractivity contribution in [3.63, 3.8) is 0 Å². The zero-order valence-corrected chi connectivity index (χ0v) is 25.6. The first-order valence-electron chi connectivity index (χ1n) is 14.6. The molecule has 2 aromatic carbocycles. The Bertz CT molecular complexity index is 1940. The van der Waals surface area contributed by atoms with Gasteiger partial charge in [0.2, 0.25) is 0 Å². The topological polar surface area (TPSA) is 87.2 Å². The Kier molecular flexibility index (Phi) is 7.33. The minimum atomic E-state index is -4.67. The van der Waals surface area contributed by atoms with Gasteiger partial charge in [-0.1, -0.05) is 18.2 Å². The number of hydrogen-bond acceptors (Lipinski definition) is 5. The van der Waals surface area contributed by atoms with Crippen LogP contribution in [0, 0.1) is 6.92 Å². The number of ether oxygens (including phenoxy) is 1. The number of benzene rings is 2. The number of alkyl halides is 3. The van der Waals surface area contributed by atoms with Gasteiger partial charge in [0.15, 0.2) is 5.69 Å². The third-order valence-electron chi connectivity index (χ3n) is 7.87. The van der Waals surface area contributed by atoms with Crippen LogP contribution in [0.1, 0.15) is 59.3 Å². The van der Waals surface area contributed by atoms with E-state index < -0.39 is 23.6 Å². The molecular weight excluding hydrogens is 585 g/mol. The van der Waals surface area contributed by atoms with E-state index in [1.165, 1.54) is 17.8 Å². The molecule has 0 fully saturated rings. The summed E-state index contributed by atoms with van der Waals surface area (Å²) >= 11 is 0. The lowest BCUT2D eigenvalue weighted by molar-refractivity contribution is -0.141. The van der Waals surface area contributed by atoms with E-state index in [1.54, 1.807) is 56.4 Å².